The number of hydrogen-bond donors (Lipinski definition) is 1. The highest BCUT2D eigenvalue weighted by Gasteiger charge is 2.24. The SMILES string of the molecule is C=CC(=O)Nc1ccc(OC2CCS(=O)(=O)CC2)cc1. The van der Waals surface area contributed by atoms with Gasteiger partial charge in [0.2, 0.25) is 5.91 Å². The average molecular weight is 295 g/mol. The number of benzene rings is 1. The molecule has 2 rings (SSSR count). The lowest BCUT2D eigenvalue weighted by molar-refractivity contribution is -0.111. The van der Waals surface area contributed by atoms with E-state index in [1.165, 1.54) is 6.08 Å². The summed E-state index contributed by atoms with van der Waals surface area (Å²) in [5.41, 5.74) is 0.661. The second-order valence-corrected chi connectivity index (χ2v) is 6.99. The number of amides is 1. The van der Waals surface area contributed by atoms with Gasteiger partial charge in [-0.05, 0) is 43.2 Å². The third-order valence-corrected chi connectivity index (χ3v) is 4.83. The zero-order valence-electron chi connectivity index (χ0n) is 11.0. The van der Waals surface area contributed by atoms with Crippen LogP contribution in [0.3, 0.4) is 0 Å². The van der Waals surface area contributed by atoms with Crippen molar-refractivity contribution in [3.63, 3.8) is 0 Å². The Kier molecular flexibility index (Phi) is 4.44. The van der Waals surface area contributed by atoms with Crippen LogP contribution in [0.5, 0.6) is 5.75 Å². The van der Waals surface area contributed by atoms with Gasteiger partial charge in [0.1, 0.15) is 11.9 Å². The fraction of sp³-hybridized carbons (Fsp3) is 0.357. The van der Waals surface area contributed by atoms with Gasteiger partial charge in [-0.2, -0.15) is 0 Å². The van der Waals surface area contributed by atoms with Crippen molar-refractivity contribution < 1.29 is 17.9 Å². The van der Waals surface area contributed by atoms with Gasteiger partial charge < -0.3 is 10.1 Å². The lowest BCUT2D eigenvalue weighted by Crippen LogP contribution is -2.30. The van der Waals surface area contributed by atoms with Gasteiger partial charge in [-0.3, -0.25) is 4.79 Å². The largest absolute Gasteiger partial charge is 0.490 e. The first-order valence-corrected chi connectivity index (χ1v) is 8.21. The quantitative estimate of drug-likeness (QED) is 0.859. The van der Waals surface area contributed by atoms with Gasteiger partial charge in [-0.25, -0.2) is 8.42 Å². The Morgan fingerprint density at radius 1 is 1.25 bits per heavy atom. The van der Waals surface area contributed by atoms with E-state index >= 15 is 0 Å². The molecule has 0 radical (unpaired) electrons. The highest BCUT2D eigenvalue weighted by molar-refractivity contribution is 7.91. The Hall–Kier alpha value is -1.82. The Balaban J connectivity index is 1.91. The Morgan fingerprint density at radius 2 is 1.85 bits per heavy atom. The number of ether oxygens (including phenoxy) is 1. The monoisotopic (exact) mass is 295 g/mol. The predicted octanol–water partition coefficient (Wildman–Crippen LogP) is 1.77. The van der Waals surface area contributed by atoms with E-state index in [1.807, 2.05) is 0 Å². The predicted molar refractivity (Wildman–Crippen MR) is 77.6 cm³/mol. The molecule has 20 heavy (non-hydrogen) atoms. The lowest BCUT2D eigenvalue weighted by Gasteiger charge is -2.23. The molecule has 5 nitrogen and oxygen atoms in total. The topological polar surface area (TPSA) is 72.5 Å². The van der Waals surface area contributed by atoms with Crippen LogP contribution in [0.25, 0.3) is 0 Å². The summed E-state index contributed by atoms with van der Waals surface area (Å²) >= 11 is 0. The number of anilines is 1. The molecule has 1 aliphatic heterocycles. The minimum Gasteiger partial charge on any atom is -0.490 e. The van der Waals surface area contributed by atoms with Crippen LogP contribution >= 0.6 is 0 Å². The zero-order valence-corrected chi connectivity index (χ0v) is 11.9. The minimum atomic E-state index is -2.87. The molecular weight excluding hydrogens is 278 g/mol. The van der Waals surface area contributed by atoms with Crippen molar-refractivity contribution >= 4 is 21.4 Å². The van der Waals surface area contributed by atoms with E-state index < -0.39 is 9.84 Å². The second kappa shape index (κ2) is 6.09. The molecule has 0 spiro atoms. The van der Waals surface area contributed by atoms with Crippen molar-refractivity contribution in [3.8, 4) is 5.75 Å². The molecule has 1 heterocycles. The summed E-state index contributed by atoms with van der Waals surface area (Å²) in [6, 6.07) is 6.97. The minimum absolute atomic E-state index is 0.0628. The van der Waals surface area contributed by atoms with Crippen LogP contribution in [0.4, 0.5) is 5.69 Å². The third kappa shape index (κ3) is 4.09. The van der Waals surface area contributed by atoms with Gasteiger partial charge in [0, 0.05) is 5.69 Å². The van der Waals surface area contributed by atoms with Crippen molar-refractivity contribution in [1.29, 1.82) is 0 Å². The summed E-state index contributed by atoms with van der Waals surface area (Å²) in [5, 5.41) is 2.64. The molecule has 108 valence electrons. The van der Waals surface area contributed by atoms with E-state index in [1.54, 1.807) is 24.3 Å². The third-order valence-electron chi connectivity index (χ3n) is 3.11. The van der Waals surface area contributed by atoms with Crippen molar-refractivity contribution in [2.45, 2.75) is 18.9 Å². The fourth-order valence-corrected chi connectivity index (χ4v) is 3.44. The Morgan fingerprint density at radius 3 is 2.40 bits per heavy atom. The van der Waals surface area contributed by atoms with Gasteiger partial charge in [0.15, 0.2) is 9.84 Å². The maximum atomic E-state index is 11.3. The first kappa shape index (κ1) is 14.6. The highest BCUT2D eigenvalue weighted by Crippen LogP contribution is 2.21. The maximum absolute atomic E-state index is 11.3. The summed E-state index contributed by atoms with van der Waals surface area (Å²) in [4.78, 5) is 11.1. The van der Waals surface area contributed by atoms with Gasteiger partial charge in [0.05, 0.1) is 11.5 Å². The number of nitrogens with one attached hydrogen (secondary N) is 1. The first-order chi connectivity index (χ1) is 9.48. The summed E-state index contributed by atoms with van der Waals surface area (Å²) in [5.74, 6) is 0.776. The molecule has 1 aromatic rings. The first-order valence-electron chi connectivity index (χ1n) is 6.39. The van der Waals surface area contributed by atoms with Crippen LogP contribution in [-0.2, 0) is 14.6 Å². The van der Waals surface area contributed by atoms with Crippen LogP contribution < -0.4 is 10.1 Å². The van der Waals surface area contributed by atoms with Crippen molar-refractivity contribution in [1.82, 2.24) is 0 Å². The van der Waals surface area contributed by atoms with E-state index in [0.717, 1.165) is 0 Å². The standard InChI is InChI=1S/C14H17NO4S/c1-2-14(16)15-11-3-5-12(6-4-11)19-13-7-9-20(17,18)10-8-13/h2-6,13H,1,7-10H2,(H,15,16). The molecule has 0 atom stereocenters. The van der Waals surface area contributed by atoms with E-state index in [2.05, 4.69) is 11.9 Å². The molecule has 0 aliphatic carbocycles. The molecule has 1 aromatic carbocycles. The normalized spacial score (nSPS) is 18.2. The molecule has 0 saturated carbocycles. The molecule has 1 fully saturated rings. The molecule has 1 aliphatic rings. The second-order valence-electron chi connectivity index (χ2n) is 4.69. The molecular formula is C14H17NO4S. The number of rotatable bonds is 4. The van der Waals surface area contributed by atoms with Crippen molar-refractivity contribution in [3.05, 3.63) is 36.9 Å². The van der Waals surface area contributed by atoms with Crippen LogP contribution in [-0.4, -0.2) is 31.9 Å². The number of carbonyl (C=O) groups excluding carboxylic acids is 1. The van der Waals surface area contributed by atoms with Crippen LogP contribution in [0, 0.1) is 0 Å². The number of sulfone groups is 1. The van der Waals surface area contributed by atoms with Gasteiger partial charge >= 0.3 is 0 Å². The lowest BCUT2D eigenvalue weighted by atomic mass is 10.2. The van der Waals surface area contributed by atoms with Gasteiger partial charge in [-0.1, -0.05) is 6.58 Å². The molecule has 0 aromatic heterocycles. The Labute approximate surface area is 118 Å². The van der Waals surface area contributed by atoms with E-state index in [9.17, 15) is 13.2 Å². The van der Waals surface area contributed by atoms with E-state index in [0.29, 0.717) is 24.3 Å². The van der Waals surface area contributed by atoms with Crippen LogP contribution in [0.1, 0.15) is 12.8 Å². The zero-order chi connectivity index (χ0) is 14.6. The summed E-state index contributed by atoms with van der Waals surface area (Å²) in [6.07, 6.45) is 2.19. The average Bonchev–Trinajstić information content (AvgIpc) is 2.43. The van der Waals surface area contributed by atoms with Gasteiger partial charge in [0.25, 0.3) is 0 Å². The van der Waals surface area contributed by atoms with E-state index in [4.69, 9.17) is 4.74 Å². The number of carbonyl (C=O) groups is 1. The maximum Gasteiger partial charge on any atom is 0.247 e. The summed E-state index contributed by atoms with van der Waals surface area (Å²) < 4.78 is 28.4. The Bertz CT molecular complexity index is 578. The summed E-state index contributed by atoms with van der Waals surface area (Å²) in [7, 11) is -2.87. The summed E-state index contributed by atoms with van der Waals surface area (Å²) in [6.45, 7) is 3.38. The molecule has 0 unspecified atom stereocenters. The molecule has 1 N–H and O–H groups in total. The highest BCUT2D eigenvalue weighted by atomic mass is 32.2. The molecule has 1 saturated heterocycles. The van der Waals surface area contributed by atoms with Crippen molar-refractivity contribution in [2.24, 2.45) is 0 Å². The van der Waals surface area contributed by atoms with E-state index in [-0.39, 0.29) is 23.5 Å². The number of hydrogen-bond acceptors (Lipinski definition) is 4. The molecule has 0 bridgehead atoms. The fourth-order valence-electron chi connectivity index (χ4n) is 1.99. The van der Waals surface area contributed by atoms with Gasteiger partial charge in [-0.15, -0.1) is 0 Å². The van der Waals surface area contributed by atoms with Crippen LogP contribution in [0.15, 0.2) is 36.9 Å². The molecule has 1 amide bonds. The molecule has 6 heteroatoms. The van der Waals surface area contributed by atoms with Crippen LogP contribution in [0.2, 0.25) is 0 Å². The van der Waals surface area contributed by atoms with Crippen molar-refractivity contribution in [2.75, 3.05) is 16.8 Å². The smallest absolute Gasteiger partial charge is 0.247 e.